The molecule has 1 rings (SSSR count). The Bertz CT molecular complexity index is 247. The molecule has 0 spiro atoms. The monoisotopic (exact) mass is 231 g/mol. The molecule has 0 saturated carbocycles. The molecule has 1 aliphatic carbocycles. The Morgan fingerprint density at radius 3 is 3.00 bits per heavy atom. The van der Waals surface area contributed by atoms with Crippen molar-refractivity contribution in [1.82, 2.24) is 5.43 Å². The first-order valence-electron chi connectivity index (χ1n) is 3.66. The van der Waals surface area contributed by atoms with Crippen molar-refractivity contribution < 1.29 is 4.79 Å². The largest absolute Gasteiger partial charge is 0.350 e. The average Bonchev–Trinajstić information content (AvgIpc) is 2.01. The van der Waals surface area contributed by atoms with Crippen molar-refractivity contribution in [2.45, 2.75) is 19.3 Å². The van der Waals surface area contributed by atoms with Crippen LogP contribution in [0, 0.1) is 0 Å². The lowest BCUT2D eigenvalue weighted by atomic mass is 10.1. The Hall–Kier alpha value is -0.840. The van der Waals surface area contributed by atoms with Crippen LogP contribution in [-0.4, -0.2) is 11.7 Å². The van der Waals surface area contributed by atoms with Crippen LogP contribution in [-0.2, 0) is 0 Å². The third-order valence-corrected chi connectivity index (χ3v) is 2.11. The van der Waals surface area contributed by atoms with Crippen LogP contribution in [0.1, 0.15) is 19.3 Å². The van der Waals surface area contributed by atoms with Crippen LogP contribution in [0.5, 0.6) is 0 Å². The number of urea groups is 1. The van der Waals surface area contributed by atoms with Gasteiger partial charge in [0.05, 0.1) is 5.71 Å². The van der Waals surface area contributed by atoms with Gasteiger partial charge >= 0.3 is 6.03 Å². The van der Waals surface area contributed by atoms with E-state index in [1.165, 1.54) is 0 Å². The second-order valence-corrected chi connectivity index (χ2v) is 3.54. The number of primary amides is 1. The van der Waals surface area contributed by atoms with Gasteiger partial charge in [0, 0.05) is 0 Å². The van der Waals surface area contributed by atoms with Crippen LogP contribution < -0.4 is 11.2 Å². The van der Waals surface area contributed by atoms with Crippen LogP contribution >= 0.6 is 15.9 Å². The lowest BCUT2D eigenvalue weighted by Gasteiger charge is -2.08. The van der Waals surface area contributed by atoms with Crippen molar-refractivity contribution in [3.8, 4) is 0 Å². The molecule has 2 amide bonds. The van der Waals surface area contributed by atoms with Gasteiger partial charge in [0.1, 0.15) is 0 Å². The van der Waals surface area contributed by atoms with Gasteiger partial charge in [-0.3, -0.25) is 0 Å². The molecule has 0 aromatic heterocycles. The maximum atomic E-state index is 10.3. The lowest BCUT2D eigenvalue weighted by Crippen LogP contribution is -2.25. The minimum atomic E-state index is -0.627. The van der Waals surface area contributed by atoms with E-state index in [-0.39, 0.29) is 0 Å². The number of nitrogens with two attached hydrogens (primary N) is 1. The number of amides is 2. The maximum absolute atomic E-state index is 10.3. The molecule has 0 heterocycles. The number of hydrogen-bond donors (Lipinski definition) is 2. The van der Waals surface area contributed by atoms with Crippen molar-refractivity contribution in [1.29, 1.82) is 0 Å². The molecule has 0 bridgehead atoms. The maximum Gasteiger partial charge on any atom is 0.332 e. The van der Waals surface area contributed by atoms with E-state index in [2.05, 4.69) is 26.5 Å². The molecule has 12 heavy (non-hydrogen) atoms. The van der Waals surface area contributed by atoms with Crippen molar-refractivity contribution in [3.05, 3.63) is 10.6 Å². The summed E-state index contributed by atoms with van der Waals surface area (Å²) in [5, 5.41) is 3.82. The van der Waals surface area contributed by atoms with Gasteiger partial charge in [-0.25, -0.2) is 10.2 Å². The first-order chi connectivity index (χ1) is 5.68. The van der Waals surface area contributed by atoms with E-state index in [1.54, 1.807) is 0 Å². The Kier molecular flexibility index (Phi) is 3.28. The molecule has 3 N–H and O–H groups in total. The van der Waals surface area contributed by atoms with Gasteiger partial charge in [0.15, 0.2) is 0 Å². The number of hydrogen-bond acceptors (Lipinski definition) is 2. The predicted octanol–water partition coefficient (Wildman–Crippen LogP) is 1.47. The van der Waals surface area contributed by atoms with Crippen molar-refractivity contribution in [2.75, 3.05) is 0 Å². The average molecular weight is 232 g/mol. The zero-order valence-corrected chi connectivity index (χ0v) is 8.10. The number of rotatable bonds is 1. The van der Waals surface area contributed by atoms with Crippen LogP contribution in [0.15, 0.2) is 15.7 Å². The normalized spacial score (nSPS) is 20.4. The van der Waals surface area contributed by atoms with Gasteiger partial charge in [-0.15, -0.1) is 0 Å². The Balaban J connectivity index is 2.56. The molecular weight excluding hydrogens is 222 g/mol. The van der Waals surface area contributed by atoms with Gasteiger partial charge in [-0.05, 0) is 29.8 Å². The van der Waals surface area contributed by atoms with Crippen molar-refractivity contribution in [2.24, 2.45) is 10.8 Å². The molecular formula is C7H10BrN3O. The smallest absolute Gasteiger partial charge is 0.332 e. The van der Waals surface area contributed by atoms with Gasteiger partial charge in [0.2, 0.25) is 0 Å². The van der Waals surface area contributed by atoms with Crippen molar-refractivity contribution >= 4 is 27.7 Å². The molecule has 0 aromatic rings. The number of carbonyl (C=O) groups is 1. The van der Waals surface area contributed by atoms with Crippen LogP contribution in [0.4, 0.5) is 4.79 Å². The summed E-state index contributed by atoms with van der Waals surface area (Å²) in [6.07, 6.45) is 4.88. The second kappa shape index (κ2) is 4.25. The van der Waals surface area contributed by atoms with E-state index in [9.17, 15) is 4.79 Å². The molecule has 0 unspecified atom stereocenters. The summed E-state index contributed by atoms with van der Waals surface area (Å²) in [6, 6.07) is -0.627. The molecule has 4 nitrogen and oxygen atoms in total. The highest BCUT2D eigenvalue weighted by Gasteiger charge is 2.05. The fraction of sp³-hybridized carbons (Fsp3) is 0.429. The summed E-state index contributed by atoms with van der Waals surface area (Å²) in [5.41, 5.74) is 7.91. The number of carbonyl (C=O) groups excluding carboxylic acids is 1. The molecule has 5 heteroatoms. The molecule has 0 atom stereocenters. The summed E-state index contributed by atoms with van der Waals surface area (Å²) in [4.78, 5) is 10.3. The highest BCUT2D eigenvalue weighted by atomic mass is 79.9. The number of halogens is 1. The van der Waals surface area contributed by atoms with E-state index in [1.807, 2.05) is 6.08 Å². The zero-order valence-electron chi connectivity index (χ0n) is 6.51. The third-order valence-electron chi connectivity index (χ3n) is 1.48. The van der Waals surface area contributed by atoms with E-state index < -0.39 is 6.03 Å². The Morgan fingerprint density at radius 2 is 2.42 bits per heavy atom. The molecule has 0 saturated heterocycles. The van der Waals surface area contributed by atoms with E-state index in [4.69, 9.17) is 5.73 Å². The molecule has 0 aromatic carbocycles. The van der Waals surface area contributed by atoms with Crippen molar-refractivity contribution in [3.63, 3.8) is 0 Å². The number of nitrogens with one attached hydrogen (secondary N) is 1. The van der Waals surface area contributed by atoms with Crippen LogP contribution in [0.2, 0.25) is 0 Å². The highest BCUT2D eigenvalue weighted by molar-refractivity contribution is 9.11. The van der Waals surface area contributed by atoms with Crippen LogP contribution in [0.25, 0.3) is 0 Å². The third kappa shape index (κ3) is 3.04. The van der Waals surface area contributed by atoms with Gasteiger partial charge in [-0.1, -0.05) is 15.9 Å². The first kappa shape index (κ1) is 9.25. The number of nitrogens with zero attached hydrogens (tertiary/aromatic N) is 1. The SMILES string of the molecule is NC(=O)NN=C1C=C(Br)CCC1. The molecule has 0 aliphatic heterocycles. The number of hydrazone groups is 1. The number of allylic oxidation sites excluding steroid dienone is 2. The summed E-state index contributed by atoms with van der Waals surface area (Å²) in [6.45, 7) is 0. The summed E-state index contributed by atoms with van der Waals surface area (Å²) in [5.74, 6) is 0. The second-order valence-electron chi connectivity index (χ2n) is 2.52. The minimum absolute atomic E-state index is 0.627. The Labute approximate surface area is 79.0 Å². The standard InChI is InChI=1S/C7H10BrN3O/c8-5-2-1-3-6(4-5)10-11-7(9)12/h4H,1-3H2,(H3,9,11,12). The summed E-state index contributed by atoms with van der Waals surface area (Å²) in [7, 11) is 0. The quantitative estimate of drug-likeness (QED) is 0.660. The van der Waals surface area contributed by atoms with Gasteiger partial charge in [0.25, 0.3) is 0 Å². The zero-order chi connectivity index (χ0) is 8.97. The van der Waals surface area contributed by atoms with E-state index in [0.29, 0.717) is 0 Å². The van der Waals surface area contributed by atoms with Gasteiger partial charge < -0.3 is 5.73 Å². The fourth-order valence-electron chi connectivity index (χ4n) is 0.979. The van der Waals surface area contributed by atoms with Gasteiger partial charge in [-0.2, -0.15) is 5.10 Å². The molecule has 0 fully saturated rings. The van der Waals surface area contributed by atoms with Crippen LogP contribution in [0.3, 0.4) is 0 Å². The topological polar surface area (TPSA) is 67.5 Å². The van der Waals surface area contributed by atoms with E-state index in [0.717, 1.165) is 29.5 Å². The minimum Gasteiger partial charge on any atom is -0.350 e. The molecule has 1 aliphatic rings. The van der Waals surface area contributed by atoms with E-state index >= 15 is 0 Å². The molecule has 0 radical (unpaired) electrons. The highest BCUT2D eigenvalue weighted by Crippen LogP contribution is 2.20. The summed E-state index contributed by atoms with van der Waals surface area (Å²) >= 11 is 3.37. The predicted molar refractivity (Wildman–Crippen MR) is 51.0 cm³/mol. The summed E-state index contributed by atoms with van der Waals surface area (Å²) < 4.78 is 1.11. The Morgan fingerprint density at radius 1 is 1.67 bits per heavy atom. The molecule has 66 valence electrons. The first-order valence-corrected chi connectivity index (χ1v) is 4.46. The lowest BCUT2D eigenvalue weighted by molar-refractivity contribution is 0.249. The fourth-order valence-corrected chi connectivity index (χ4v) is 1.52.